The number of fused-ring (bicyclic) bond motifs is 1. The van der Waals surface area contributed by atoms with Crippen molar-refractivity contribution in [1.82, 2.24) is 0 Å². The lowest BCUT2D eigenvalue weighted by Gasteiger charge is -2.24. The van der Waals surface area contributed by atoms with Crippen molar-refractivity contribution < 1.29 is 0 Å². The van der Waals surface area contributed by atoms with Gasteiger partial charge in [0.05, 0.1) is 5.69 Å². The van der Waals surface area contributed by atoms with E-state index in [9.17, 15) is 4.79 Å². The second-order valence-electron chi connectivity index (χ2n) is 6.27. The molecule has 0 aliphatic rings. The van der Waals surface area contributed by atoms with E-state index < -0.39 is 0 Å². The van der Waals surface area contributed by atoms with Gasteiger partial charge in [-0.15, -0.1) is 11.3 Å². The molecule has 3 aromatic carbocycles. The van der Waals surface area contributed by atoms with E-state index in [-0.39, 0.29) is 5.43 Å². The quantitative estimate of drug-likeness (QED) is 0.472. The first-order chi connectivity index (χ1) is 12.8. The molecule has 1 heterocycles. The monoisotopic (exact) mass is 357 g/mol. The van der Waals surface area contributed by atoms with E-state index in [0.717, 1.165) is 15.8 Å². The Bertz CT molecular complexity index is 1020. The lowest BCUT2D eigenvalue weighted by Crippen LogP contribution is -2.27. The average Bonchev–Trinajstić information content (AvgIpc) is 2.70. The van der Waals surface area contributed by atoms with Gasteiger partial charge < -0.3 is 4.90 Å². The summed E-state index contributed by atoms with van der Waals surface area (Å²) in [6.45, 7) is 1.41. The Morgan fingerprint density at radius 2 is 1.23 bits per heavy atom. The van der Waals surface area contributed by atoms with Gasteiger partial charge in [0, 0.05) is 28.6 Å². The Balaban J connectivity index is 1.77. The van der Waals surface area contributed by atoms with Crippen LogP contribution in [0.25, 0.3) is 10.1 Å². The van der Waals surface area contributed by atoms with Crippen LogP contribution in [0.4, 0.5) is 5.69 Å². The van der Waals surface area contributed by atoms with Crippen molar-refractivity contribution in [2.75, 3.05) is 4.90 Å². The summed E-state index contributed by atoms with van der Waals surface area (Å²) in [7, 11) is 0. The van der Waals surface area contributed by atoms with Gasteiger partial charge in [-0.3, -0.25) is 4.79 Å². The van der Waals surface area contributed by atoms with Crippen molar-refractivity contribution in [2.45, 2.75) is 13.1 Å². The molecule has 4 rings (SSSR count). The Kier molecular flexibility index (Phi) is 4.80. The second-order valence-corrected chi connectivity index (χ2v) is 7.18. The van der Waals surface area contributed by atoms with Crippen molar-refractivity contribution >= 4 is 27.1 Å². The maximum Gasteiger partial charge on any atom is 0.211 e. The minimum Gasteiger partial charge on any atom is -0.359 e. The second kappa shape index (κ2) is 7.54. The molecule has 0 saturated heterocycles. The highest BCUT2D eigenvalue weighted by molar-refractivity contribution is 7.16. The molecule has 0 aliphatic carbocycles. The molecule has 0 bridgehead atoms. The molecule has 0 saturated carbocycles. The van der Waals surface area contributed by atoms with Crippen LogP contribution in [0.15, 0.2) is 95.1 Å². The van der Waals surface area contributed by atoms with Gasteiger partial charge in [0.15, 0.2) is 0 Å². The zero-order valence-corrected chi connectivity index (χ0v) is 15.2. The molecular formula is C23H19NOS. The predicted octanol–water partition coefficient (Wildman–Crippen LogP) is 5.47. The van der Waals surface area contributed by atoms with Gasteiger partial charge in [0.1, 0.15) is 0 Å². The fourth-order valence-corrected chi connectivity index (χ4v) is 4.06. The van der Waals surface area contributed by atoms with E-state index in [2.05, 4.69) is 29.2 Å². The van der Waals surface area contributed by atoms with Gasteiger partial charge in [-0.2, -0.15) is 0 Å². The van der Waals surface area contributed by atoms with E-state index in [4.69, 9.17) is 0 Å². The van der Waals surface area contributed by atoms with Crippen molar-refractivity contribution in [2.24, 2.45) is 0 Å². The summed E-state index contributed by atoms with van der Waals surface area (Å²) in [6, 6.07) is 28.4. The standard InChI is InChI=1S/C23H19NOS/c25-23-20-13-7-8-14-22(20)26-17-21(23)24(15-18-9-3-1-4-10-18)16-19-11-5-2-6-12-19/h1-14,17H,15-16H2. The van der Waals surface area contributed by atoms with E-state index in [1.807, 2.05) is 66.0 Å². The molecule has 0 unspecified atom stereocenters. The Hall–Kier alpha value is -2.91. The molecule has 4 aromatic rings. The first kappa shape index (κ1) is 16.6. The van der Waals surface area contributed by atoms with Crippen LogP contribution in [0.2, 0.25) is 0 Å². The number of hydrogen-bond donors (Lipinski definition) is 0. The van der Waals surface area contributed by atoms with Crippen molar-refractivity contribution in [3.05, 3.63) is 112 Å². The topological polar surface area (TPSA) is 20.3 Å². The van der Waals surface area contributed by atoms with E-state index in [1.165, 1.54) is 11.1 Å². The molecule has 0 atom stereocenters. The molecule has 0 fully saturated rings. The van der Waals surface area contributed by atoms with Crippen LogP contribution in [0, 0.1) is 0 Å². The summed E-state index contributed by atoms with van der Waals surface area (Å²) in [5.41, 5.74) is 3.26. The van der Waals surface area contributed by atoms with Gasteiger partial charge in [-0.05, 0) is 23.3 Å². The van der Waals surface area contributed by atoms with Gasteiger partial charge in [-0.25, -0.2) is 0 Å². The maximum absolute atomic E-state index is 13.1. The summed E-state index contributed by atoms with van der Waals surface area (Å²) < 4.78 is 1.03. The molecule has 0 spiro atoms. The number of benzene rings is 3. The zero-order valence-electron chi connectivity index (χ0n) is 14.3. The average molecular weight is 357 g/mol. The van der Waals surface area contributed by atoms with Crippen LogP contribution in [0.1, 0.15) is 11.1 Å². The smallest absolute Gasteiger partial charge is 0.211 e. The molecule has 0 radical (unpaired) electrons. The van der Waals surface area contributed by atoms with Gasteiger partial charge in [-0.1, -0.05) is 72.8 Å². The van der Waals surface area contributed by atoms with Crippen LogP contribution in [0.3, 0.4) is 0 Å². The molecule has 0 N–H and O–H groups in total. The minimum absolute atomic E-state index is 0.103. The van der Waals surface area contributed by atoms with Crippen LogP contribution in [-0.4, -0.2) is 0 Å². The first-order valence-electron chi connectivity index (χ1n) is 8.64. The third kappa shape index (κ3) is 3.53. The minimum atomic E-state index is 0.103. The first-order valence-corrected chi connectivity index (χ1v) is 9.52. The Morgan fingerprint density at radius 1 is 0.692 bits per heavy atom. The van der Waals surface area contributed by atoms with Gasteiger partial charge >= 0.3 is 0 Å². The van der Waals surface area contributed by atoms with Crippen LogP contribution >= 0.6 is 11.3 Å². The molecule has 0 aliphatic heterocycles. The summed E-state index contributed by atoms with van der Waals surface area (Å²) in [4.78, 5) is 15.3. The Labute approximate surface area is 157 Å². The molecule has 3 heteroatoms. The van der Waals surface area contributed by atoms with Crippen molar-refractivity contribution in [3.63, 3.8) is 0 Å². The van der Waals surface area contributed by atoms with E-state index >= 15 is 0 Å². The molecule has 0 amide bonds. The van der Waals surface area contributed by atoms with Gasteiger partial charge in [0.2, 0.25) is 5.43 Å². The van der Waals surface area contributed by atoms with Crippen molar-refractivity contribution in [3.8, 4) is 0 Å². The lowest BCUT2D eigenvalue weighted by molar-refractivity contribution is 0.799. The number of anilines is 1. The third-order valence-electron chi connectivity index (χ3n) is 4.44. The van der Waals surface area contributed by atoms with Crippen molar-refractivity contribution in [1.29, 1.82) is 0 Å². The summed E-state index contributed by atoms with van der Waals surface area (Å²) >= 11 is 1.63. The number of hydrogen-bond acceptors (Lipinski definition) is 3. The highest BCUT2D eigenvalue weighted by Gasteiger charge is 2.14. The van der Waals surface area contributed by atoms with Crippen LogP contribution < -0.4 is 10.3 Å². The normalized spacial score (nSPS) is 10.8. The van der Waals surface area contributed by atoms with Gasteiger partial charge in [0.25, 0.3) is 0 Å². The largest absolute Gasteiger partial charge is 0.359 e. The summed E-state index contributed by atoms with van der Waals surface area (Å²) in [5, 5.41) is 2.79. The third-order valence-corrected chi connectivity index (χ3v) is 5.39. The van der Waals surface area contributed by atoms with Crippen LogP contribution in [-0.2, 0) is 13.1 Å². The zero-order chi connectivity index (χ0) is 17.8. The predicted molar refractivity (Wildman–Crippen MR) is 111 cm³/mol. The highest BCUT2D eigenvalue weighted by atomic mass is 32.1. The molecule has 2 nitrogen and oxygen atoms in total. The highest BCUT2D eigenvalue weighted by Crippen LogP contribution is 2.24. The number of nitrogens with zero attached hydrogens (tertiary/aromatic N) is 1. The lowest BCUT2D eigenvalue weighted by atomic mass is 10.1. The molecular weight excluding hydrogens is 338 g/mol. The van der Waals surface area contributed by atoms with E-state index in [0.29, 0.717) is 13.1 Å². The fourth-order valence-electron chi connectivity index (χ4n) is 3.12. The molecule has 128 valence electrons. The summed E-state index contributed by atoms with van der Waals surface area (Å²) in [6.07, 6.45) is 0. The van der Waals surface area contributed by atoms with E-state index in [1.54, 1.807) is 11.3 Å². The van der Waals surface area contributed by atoms with Crippen LogP contribution in [0.5, 0.6) is 0 Å². The molecule has 1 aromatic heterocycles. The molecule has 26 heavy (non-hydrogen) atoms. The SMILES string of the molecule is O=c1c(N(Cc2ccccc2)Cc2ccccc2)csc2ccccc12. The fraction of sp³-hybridized carbons (Fsp3) is 0.0870. The number of rotatable bonds is 5. The maximum atomic E-state index is 13.1. The Morgan fingerprint density at radius 3 is 1.85 bits per heavy atom. The summed E-state index contributed by atoms with van der Waals surface area (Å²) in [5.74, 6) is 0.